The lowest BCUT2D eigenvalue weighted by molar-refractivity contribution is -0.256. The maximum absolute atomic E-state index is 13.1. The number of nitrogens with one attached hydrogen (secondary N) is 1. The summed E-state index contributed by atoms with van der Waals surface area (Å²) in [6, 6.07) is 0. The number of ether oxygens (including phenoxy) is 1. The quantitative estimate of drug-likeness (QED) is 0.442. The maximum Gasteiger partial charge on any atom is 0.438 e. The Morgan fingerprint density at radius 1 is 1.31 bits per heavy atom. The van der Waals surface area contributed by atoms with Gasteiger partial charge in [0.1, 0.15) is 0 Å². The minimum absolute atomic E-state index is 0.338. The molecule has 1 fully saturated rings. The number of alkyl halides is 2. The summed E-state index contributed by atoms with van der Waals surface area (Å²) in [6.45, 7) is 3.99. The molecule has 94 valence electrons. The Hall–Kier alpha value is -0.750. The van der Waals surface area contributed by atoms with Gasteiger partial charge < -0.3 is 4.74 Å². The average Bonchev–Trinajstić information content (AvgIpc) is 2.13. The molecule has 1 rings (SSSR count). The third kappa shape index (κ3) is 3.38. The van der Waals surface area contributed by atoms with Crippen LogP contribution in [0.3, 0.4) is 0 Å². The van der Waals surface area contributed by atoms with E-state index in [-0.39, 0.29) is 0 Å². The van der Waals surface area contributed by atoms with E-state index in [9.17, 15) is 13.6 Å². The van der Waals surface area contributed by atoms with Gasteiger partial charge in [0.2, 0.25) is 0 Å². The first-order valence-electron chi connectivity index (χ1n) is 5.41. The van der Waals surface area contributed by atoms with Crippen molar-refractivity contribution in [2.75, 3.05) is 0 Å². The zero-order valence-corrected chi connectivity index (χ0v) is 9.50. The molecule has 0 radical (unpaired) electrons. The summed E-state index contributed by atoms with van der Waals surface area (Å²) in [5, 5.41) is 0. The predicted molar refractivity (Wildman–Crippen MR) is 54.3 cm³/mol. The Morgan fingerprint density at radius 3 is 2.25 bits per heavy atom. The Balaban J connectivity index is 2.56. The van der Waals surface area contributed by atoms with Gasteiger partial charge in [-0.2, -0.15) is 8.78 Å². The number of hydrazine groups is 1. The van der Waals surface area contributed by atoms with Gasteiger partial charge in [-0.05, 0) is 31.1 Å². The third-order valence-corrected chi connectivity index (χ3v) is 2.85. The lowest BCUT2D eigenvalue weighted by Gasteiger charge is -2.32. The summed E-state index contributed by atoms with van der Waals surface area (Å²) in [5.41, 5.74) is 1.40. The molecule has 0 aromatic heterocycles. The fourth-order valence-electron chi connectivity index (χ4n) is 2.32. The first-order chi connectivity index (χ1) is 7.35. The van der Waals surface area contributed by atoms with Gasteiger partial charge in [0.05, 0.1) is 6.10 Å². The molecule has 0 bridgehead atoms. The molecule has 4 nitrogen and oxygen atoms in total. The van der Waals surface area contributed by atoms with Crippen LogP contribution in [0.4, 0.5) is 8.78 Å². The van der Waals surface area contributed by atoms with Crippen molar-refractivity contribution < 1.29 is 18.3 Å². The molecule has 0 aromatic rings. The summed E-state index contributed by atoms with van der Waals surface area (Å²) in [4.78, 5) is 10.8. The first-order valence-corrected chi connectivity index (χ1v) is 5.41. The van der Waals surface area contributed by atoms with Crippen molar-refractivity contribution >= 4 is 5.91 Å². The zero-order valence-electron chi connectivity index (χ0n) is 9.50. The van der Waals surface area contributed by atoms with E-state index in [1.54, 1.807) is 0 Å². The van der Waals surface area contributed by atoms with Gasteiger partial charge in [-0.25, -0.2) is 5.84 Å². The van der Waals surface area contributed by atoms with Crippen LogP contribution in [0.15, 0.2) is 0 Å². The number of carbonyl (C=O) groups excluding carboxylic acids is 1. The molecule has 1 aliphatic rings. The molecule has 1 amide bonds. The predicted octanol–water partition coefficient (Wildman–Crippen LogP) is 1.41. The normalized spacial score (nSPS) is 31.2. The summed E-state index contributed by atoms with van der Waals surface area (Å²) in [5.74, 6) is 3.74. The molecule has 6 heteroatoms. The van der Waals surface area contributed by atoms with Crippen molar-refractivity contribution in [1.82, 2.24) is 5.43 Å². The second-order valence-corrected chi connectivity index (χ2v) is 4.65. The number of hydrogen-bond donors (Lipinski definition) is 2. The molecule has 0 saturated heterocycles. The van der Waals surface area contributed by atoms with Gasteiger partial charge in [0.15, 0.2) is 0 Å². The fraction of sp³-hybridized carbons (Fsp3) is 0.900. The molecule has 0 heterocycles. The molecular weight excluding hydrogens is 218 g/mol. The molecule has 1 aliphatic carbocycles. The van der Waals surface area contributed by atoms with Gasteiger partial charge in [0.25, 0.3) is 0 Å². The van der Waals surface area contributed by atoms with Crippen LogP contribution in [0.5, 0.6) is 0 Å². The summed E-state index contributed by atoms with van der Waals surface area (Å²) in [6.07, 6.45) is -2.30. The number of amides is 1. The van der Waals surface area contributed by atoms with Gasteiger partial charge in [-0.1, -0.05) is 13.8 Å². The monoisotopic (exact) mass is 236 g/mol. The standard InChI is InChI=1S/C10H18F2N2O2/c1-6-3-7(2)5-8(4-6)16-10(11,12)9(15)14-13/h6-8H,3-5,13H2,1-2H3,(H,14,15). The second-order valence-electron chi connectivity index (χ2n) is 4.65. The lowest BCUT2D eigenvalue weighted by Crippen LogP contribution is -2.47. The van der Waals surface area contributed by atoms with Crippen LogP contribution >= 0.6 is 0 Å². The highest BCUT2D eigenvalue weighted by Crippen LogP contribution is 2.33. The maximum atomic E-state index is 13.1. The van der Waals surface area contributed by atoms with Crippen LogP contribution in [0.1, 0.15) is 33.1 Å². The van der Waals surface area contributed by atoms with Crippen molar-refractivity contribution in [1.29, 1.82) is 0 Å². The Morgan fingerprint density at radius 2 is 1.81 bits per heavy atom. The van der Waals surface area contributed by atoms with Gasteiger partial charge in [-0.3, -0.25) is 10.2 Å². The van der Waals surface area contributed by atoms with Crippen LogP contribution in [0.25, 0.3) is 0 Å². The smallest absolute Gasteiger partial charge is 0.309 e. The van der Waals surface area contributed by atoms with Crippen molar-refractivity contribution in [2.45, 2.75) is 45.3 Å². The summed E-state index contributed by atoms with van der Waals surface area (Å²) < 4.78 is 30.8. The van der Waals surface area contributed by atoms with E-state index in [0.29, 0.717) is 24.7 Å². The van der Waals surface area contributed by atoms with Crippen LogP contribution in [-0.4, -0.2) is 18.1 Å². The molecular formula is C10H18F2N2O2. The van der Waals surface area contributed by atoms with E-state index in [1.165, 1.54) is 5.43 Å². The van der Waals surface area contributed by atoms with E-state index in [1.807, 2.05) is 13.8 Å². The number of nitrogens with two attached hydrogens (primary N) is 1. The van der Waals surface area contributed by atoms with Crippen LogP contribution in [0, 0.1) is 11.8 Å². The highest BCUT2D eigenvalue weighted by Gasteiger charge is 2.43. The van der Waals surface area contributed by atoms with Crippen LogP contribution < -0.4 is 11.3 Å². The molecule has 0 spiro atoms. The molecule has 3 N–H and O–H groups in total. The topological polar surface area (TPSA) is 64.3 Å². The molecule has 1 saturated carbocycles. The van der Waals surface area contributed by atoms with E-state index >= 15 is 0 Å². The number of hydrogen-bond acceptors (Lipinski definition) is 3. The van der Waals surface area contributed by atoms with Gasteiger partial charge >= 0.3 is 12.0 Å². The Kier molecular flexibility index (Phi) is 4.21. The fourth-order valence-corrected chi connectivity index (χ4v) is 2.32. The summed E-state index contributed by atoms with van der Waals surface area (Å²) in [7, 11) is 0. The first kappa shape index (κ1) is 13.3. The van der Waals surface area contributed by atoms with Crippen molar-refractivity contribution in [2.24, 2.45) is 17.7 Å². The number of carbonyl (C=O) groups is 1. The van der Waals surface area contributed by atoms with Crippen molar-refractivity contribution in [3.63, 3.8) is 0 Å². The Labute approximate surface area is 93.5 Å². The van der Waals surface area contributed by atoms with Crippen LogP contribution in [0.2, 0.25) is 0 Å². The van der Waals surface area contributed by atoms with Gasteiger partial charge in [0, 0.05) is 0 Å². The number of rotatable bonds is 3. The van der Waals surface area contributed by atoms with E-state index in [2.05, 4.69) is 10.6 Å². The lowest BCUT2D eigenvalue weighted by atomic mass is 9.82. The highest BCUT2D eigenvalue weighted by molar-refractivity contribution is 5.81. The average molecular weight is 236 g/mol. The zero-order chi connectivity index (χ0) is 12.3. The highest BCUT2D eigenvalue weighted by atomic mass is 19.3. The SMILES string of the molecule is CC1CC(C)CC(OC(F)(F)C(=O)NN)C1. The van der Waals surface area contributed by atoms with E-state index < -0.39 is 18.1 Å². The third-order valence-electron chi connectivity index (χ3n) is 2.85. The molecule has 16 heavy (non-hydrogen) atoms. The molecule has 2 unspecified atom stereocenters. The van der Waals surface area contributed by atoms with E-state index in [4.69, 9.17) is 0 Å². The Bertz CT molecular complexity index is 251. The minimum Gasteiger partial charge on any atom is -0.309 e. The minimum atomic E-state index is -3.84. The van der Waals surface area contributed by atoms with Crippen LogP contribution in [-0.2, 0) is 9.53 Å². The van der Waals surface area contributed by atoms with Crippen molar-refractivity contribution in [3.8, 4) is 0 Å². The number of halogens is 2. The second kappa shape index (κ2) is 5.05. The summed E-state index contributed by atoms with van der Waals surface area (Å²) >= 11 is 0. The molecule has 0 aromatic carbocycles. The van der Waals surface area contributed by atoms with Crippen molar-refractivity contribution in [3.05, 3.63) is 0 Å². The molecule has 2 atom stereocenters. The molecule has 0 aliphatic heterocycles. The van der Waals surface area contributed by atoms with Gasteiger partial charge in [-0.15, -0.1) is 0 Å². The largest absolute Gasteiger partial charge is 0.438 e. The van der Waals surface area contributed by atoms with E-state index in [0.717, 1.165) is 6.42 Å².